The monoisotopic (exact) mass is 527 g/mol. The molecule has 1 unspecified atom stereocenters. The van der Waals surface area contributed by atoms with Gasteiger partial charge in [0, 0.05) is 64.0 Å². The SMILES string of the molecule is Cc1ccc(CN2CCN(c3ccccc3Cl)CC2)cc1C(=O)N1CCN(c2ccccc2C#N)CC1C. The van der Waals surface area contributed by atoms with Crippen LogP contribution in [0.1, 0.15) is 34.0 Å². The fourth-order valence-electron chi connectivity index (χ4n) is 5.59. The van der Waals surface area contributed by atoms with Crippen molar-refractivity contribution in [1.29, 1.82) is 5.26 Å². The van der Waals surface area contributed by atoms with Gasteiger partial charge in [-0.1, -0.05) is 48.0 Å². The van der Waals surface area contributed by atoms with Crippen LogP contribution in [-0.2, 0) is 6.54 Å². The second-order valence-corrected chi connectivity index (χ2v) is 10.7. The summed E-state index contributed by atoms with van der Waals surface area (Å²) in [6, 6.07) is 24.4. The van der Waals surface area contributed by atoms with Crippen molar-refractivity contribution in [1.82, 2.24) is 9.80 Å². The Morgan fingerprint density at radius 2 is 1.61 bits per heavy atom. The molecule has 7 heteroatoms. The lowest BCUT2D eigenvalue weighted by Crippen LogP contribution is -2.54. The van der Waals surface area contributed by atoms with Gasteiger partial charge in [0.25, 0.3) is 5.91 Å². The number of hydrogen-bond donors (Lipinski definition) is 0. The maximum absolute atomic E-state index is 13.7. The van der Waals surface area contributed by atoms with E-state index in [1.165, 1.54) is 5.56 Å². The Kier molecular flexibility index (Phi) is 7.87. The zero-order valence-corrected chi connectivity index (χ0v) is 22.9. The van der Waals surface area contributed by atoms with E-state index in [0.717, 1.165) is 60.2 Å². The molecule has 0 aliphatic carbocycles. The summed E-state index contributed by atoms with van der Waals surface area (Å²) < 4.78 is 0. The van der Waals surface area contributed by atoms with Gasteiger partial charge in [-0.05, 0) is 55.3 Å². The topological polar surface area (TPSA) is 53.8 Å². The first-order valence-electron chi connectivity index (χ1n) is 13.3. The summed E-state index contributed by atoms with van der Waals surface area (Å²) in [7, 11) is 0. The first-order valence-corrected chi connectivity index (χ1v) is 13.7. The lowest BCUT2D eigenvalue weighted by Gasteiger charge is -2.41. The van der Waals surface area contributed by atoms with Gasteiger partial charge in [-0.15, -0.1) is 0 Å². The number of nitriles is 1. The van der Waals surface area contributed by atoms with Crippen molar-refractivity contribution in [3.8, 4) is 6.07 Å². The fraction of sp³-hybridized carbons (Fsp3) is 0.355. The molecule has 3 aromatic carbocycles. The predicted molar refractivity (Wildman–Crippen MR) is 154 cm³/mol. The molecule has 0 radical (unpaired) electrons. The van der Waals surface area contributed by atoms with Crippen LogP contribution in [0.4, 0.5) is 11.4 Å². The van der Waals surface area contributed by atoms with Gasteiger partial charge in [-0.25, -0.2) is 0 Å². The third-order valence-corrected chi connectivity index (χ3v) is 8.08. The van der Waals surface area contributed by atoms with Gasteiger partial charge >= 0.3 is 0 Å². The van der Waals surface area contributed by atoms with Crippen molar-refractivity contribution in [2.24, 2.45) is 0 Å². The molecule has 1 amide bonds. The average Bonchev–Trinajstić information content (AvgIpc) is 2.94. The summed E-state index contributed by atoms with van der Waals surface area (Å²) in [6.45, 7) is 10.7. The fourth-order valence-corrected chi connectivity index (χ4v) is 5.84. The molecule has 0 spiro atoms. The number of carbonyl (C=O) groups is 1. The summed E-state index contributed by atoms with van der Waals surface area (Å²) in [5.74, 6) is 0.0913. The third-order valence-electron chi connectivity index (χ3n) is 7.76. The molecule has 2 aliphatic rings. The van der Waals surface area contributed by atoms with Crippen LogP contribution in [0.5, 0.6) is 0 Å². The molecule has 5 rings (SSSR count). The van der Waals surface area contributed by atoms with E-state index in [2.05, 4.69) is 52.0 Å². The molecule has 0 saturated carbocycles. The van der Waals surface area contributed by atoms with E-state index in [0.29, 0.717) is 25.2 Å². The number of anilines is 2. The van der Waals surface area contributed by atoms with Crippen LogP contribution < -0.4 is 9.80 Å². The highest BCUT2D eigenvalue weighted by molar-refractivity contribution is 6.33. The van der Waals surface area contributed by atoms with Gasteiger partial charge in [0.1, 0.15) is 6.07 Å². The lowest BCUT2D eigenvalue weighted by molar-refractivity contribution is 0.0673. The van der Waals surface area contributed by atoms with Gasteiger partial charge in [0.2, 0.25) is 0 Å². The van der Waals surface area contributed by atoms with Gasteiger partial charge < -0.3 is 14.7 Å². The van der Waals surface area contributed by atoms with E-state index in [-0.39, 0.29) is 11.9 Å². The number of piperazine rings is 2. The zero-order valence-electron chi connectivity index (χ0n) is 22.1. The highest BCUT2D eigenvalue weighted by Crippen LogP contribution is 2.27. The van der Waals surface area contributed by atoms with Crippen LogP contribution in [0.2, 0.25) is 5.02 Å². The van der Waals surface area contributed by atoms with E-state index in [1.54, 1.807) is 0 Å². The standard InChI is InChI=1S/C31H34ClN5O/c1-23-11-12-25(22-34-13-15-35(16-14-34)30-10-6-4-8-28(30)32)19-27(23)31(38)37-18-17-36(21-24(37)2)29-9-5-3-7-26(29)20-33/h3-12,19,24H,13-18,21-22H2,1-2H3. The minimum atomic E-state index is 0.0453. The number of rotatable bonds is 5. The minimum absolute atomic E-state index is 0.0453. The Morgan fingerprint density at radius 1 is 0.921 bits per heavy atom. The molecule has 2 heterocycles. The molecule has 2 saturated heterocycles. The average molecular weight is 528 g/mol. The van der Waals surface area contributed by atoms with Crippen molar-refractivity contribution in [3.63, 3.8) is 0 Å². The quantitative estimate of drug-likeness (QED) is 0.457. The molecule has 38 heavy (non-hydrogen) atoms. The molecule has 6 nitrogen and oxygen atoms in total. The normalized spacial score (nSPS) is 18.4. The summed E-state index contributed by atoms with van der Waals surface area (Å²) in [5, 5.41) is 10.3. The third kappa shape index (κ3) is 5.50. The second-order valence-electron chi connectivity index (χ2n) is 10.3. The Bertz CT molecular complexity index is 1340. The highest BCUT2D eigenvalue weighted by Gasteiger charge is 2.30. The summed E-state index contributed by atoms with van der Waals surface area (Å²) >= 11 is 6.41. The summed E-state index contributed by atoms with van der Waals surface area (Å²) in [6.07, 6.45) is 0. The van der Waals surface area contributed by atoms with Gasteiger partial charge in [0.15, 0.2) is 0 Å². The number of hydrogen-bond acceptors (Lipinski definition) is 5. The Labute approximate surface area is 230 Å². The number of halogens is 1. The predicted octanol–water partition coefficient (Wildman–Crippen LogP) is 5.19. The van der Waals surface area contributed by atoms with Crippen molar-refractivity contribution in [2.45, 2.75) is 26.4 Å². The first kappa shape index (κ1) is 26.1. The second kappa shape index (κ2) is 11.5. The molecule has 2 fully saturated rings. The molecular formula is C31H34ClN5O. The van der Waals surface area contributed by atoms with Crippen LogP contribution in [-0.4, -0.2) is 67.6 Å². The molecule has 0 bridgehead atoms. The van der Waals surface area contributed by atoms with Gasteiger partial charge in [-0.3, -0.25) is 9.69 Å². The Hall–Kier alpha value is -3.53. The van der Waals surface area contributed by atoms with E-state index in [9.17, 15) is 10.1 Å². The molecule has 196 valence electrons. The Balaban J connectivity index is 1.22. The smallest absolute Gasteiger partial charge is 0.254 e. The first-order chi connectivity index (χ1) is 18.4. The van der Waals surface area contributed by atoms with Crippen molar-refractivity contribution < 1.29 is 4.79 Å². The number of amides is 1. The molecule has 1 atom stereocenters. The molecular weight excluding hydrogens is 494 g/mol. The summed E-state index contributed by atoms with van der Waals surface area (Å²) in [5.41, 5.74) is 5.68. The maximum atomic E-state index is 13.7. The van der Waals surface area contributed by atoms with E-state index < -0.39 is 0 Å². The lowest BCUT2D eigenvalue weighted by atomic mass is 10.0. The van der Waals surface area contributed by atoms with Gasteiger partial charge in [-0.2, -0.15) is 5.26 Å². The highest BCUT2D eigenvalue weighted by atomic mass is 35.5. The number of para-hydroxylation sites is 2. The molecule has 0 aromatic heterocycles. The van der Waals surface area contributed by atoms with Crippen molar-refractivity contribution >= 4 is 28.9 Å². The van der Waals surface area contributed by atoms with Crippen LogP contribution in [0.3, 0.4) is 0 Å². The number of aryl methyl sites for hydroxylation is 1. The van der Waals surface area contributed by atoms with E-state index >= 15 is 0 Å². The van der Waals surface area contributed by atoms with Crippen LogP contribution >= 0.6 is 11.6 Å². The summed E-state index contributed by atoms with van der Waals surface area (Å²) in [4.78, 5) is 22.7. The van der Waals surface area contributed by atoms with Gasteiger partial charge in [0.05, 0.1) is 22.0 Å². The van der Waals surface area contributed by atoms with Crippen LogP contribution in [0, 0.1) is 18.3 Å². The largest absolute Gasteiger partial charge is 0.368 e. The maximum Gasteiger partial charge on any atom is 0.254 e. The number of carbonyl (C=O) groups excluding carboxylic acids is 1. The van der Waals surface area contributed by atoms with E-state index in [1.807, 2.05) is 54.3 Å². The minimum Gasteiger partial charge on any atom is -0.368 e. The van der Waals surface area contributed by atoms with E-state index in [4.69, 9.17) is 11.6 Å². The van der Waals surface area contributed by atoms with Crippen molar-refractivity contribution in [2.75, 3.05) is 55.6 Å². The molecule has 3 aromatic rings. The Morgan fingerprint density at radius 3 is 2.32 bits per heavy atom. The molecule has 0 N–H and O–H groups in total. The van der Waals surface area contributed by atoms with Crippen LogP contribution in [0.25, 0.3) is 0 Å². The zero-order chi connectivity index (χ0) is 26.6. The molecule has 2 aliphatic heterocycles. The number of nitrogens with zero attached hydrogens (tertiary/aromatic N) is 5. The van der Waals surface area contributed by atoms with Crippen molar-refractivity contribution in [3.05, 3.63) is 94.0 Å². The van der Waals surface area contributed by atoms with Crippen LogP contribution in [0.15, 0.2) is 66.7 Å². The number of benzene rings is 3.